The quantitative estimate of drug-likeness (QED) is 0.932. The van der Waals surface area contributed by atoms with E-state index >= 15 is 0 Å². The molecule has 0 bridgehead atoms. The maximum atomic E-state index is 12.9. The molecule has 0 spiro atoms. The molecular formula is C16H18FN3. The molecule has 2 aromatic rings. The third kappa shape index (κ3) is 2.56. The van der Waals surface area contributed by atoms with Gasteiger partial charge in [0, 0.05) is 25.1 Å². The van der Waals surface area contributed by atoms with Crippen LogP contribution in [0.1, 0.15) is 48.1 Å². The van der Waals surface area contributed by atoms with Gasteiger partial charge in [0.25, 0.3) is 0 Å². The van der Waals surface area contributed by atoms with E-state index in [9.17, 15) is 4.39 Å². The molecule has 104 valence electrons. The average Bonchev–Trinajstić information content (AvgIpc) is 2.88. The Kier molecular flexibility index (Phi) is 3.49. The maximum Gasteiger partial charge on any atom is 0.133 e. The minimum atomic E-state index is -0.212. The van der Waals surface area contributed by atoms with Crippen LogP contribution in [-0.2, 0) is 19.5 Å². The molecule has 1 aliphatic rings. The average molecular weight is 271 g/mol. The highest BCUT2D eigenvalue weighted by atomic mass is 19.1. The monoisotopic (exact) mass is 271 g/mol. The van der Waals surface area contributed by atoms with Crippen molar-refractivity contribution in [3.05, 3.63) is 58.4 Å². The van der Waals surface area contributed by atoms with Crippen LogP contribution in [0.5, 0.6) is 0 Å². The summed E-state index contributed by atoms with van der Waals surface area (Å²) in [6.45, 7) is 5.99. The van der Waals surface area contributed by atoms with E-state index in [1.54, 1.807) is 12.1 Å². The zero-order chi connectivity index (χ0) is 14.1. The third-order valence-corrected chi connectivity index (χ3v) is 3.59. The molecule has 0 saturated heterocycles. The first-order chi connectivity index (χ1) is 9.63. The van der Waals surface area contributed by atoms with Gasteiger partial charge in [-0.3, -0.25) is 0 Å². The molecule has 1 aromatic heterocycles. The Hall–Kier alpha value is -1.81. The molecule has 1 N–H and O–H groups in total. The molecule has 3 nitrogen and oxygen atoms in total. The van der Waals surface area contributed by atoms with Gasteiger partial charge in [-0.2, -0.15) is 0 Å². The highest BCUT2D eigenvalue weighted by Crippen LogP contribution is 2.24. The lowest BCUT2D eigenvalue weighted by Gasteiger charge is -2.12. The zero-order valence-corrected chi connectivity index (χ0v) is 11.8. The lowest BCUT2D eigenvalue weighted by molar-refractivity contribution is 0.627. The maximum absolute atomic E-state index is 12.9. The highest BCUT2D eigenvalue weighted by molar-refractivity contribution is 5.32. The number of nitrogens with zero attached hydrogens (tertiary/aromatic N) is 2. The van der Waals surface area contributed by atoms with E-state index < -0.39 is 0 Å². The Morgan fingerprint density at radius 2 is 1.90 bits per heavy atom. The topological polar surface area (TPSA) is 37.8 Å². The van der Waals surface area contributed by atoms with Crippen molar-refractivity contribution in [2.45, 2.75) is 39.3 Å². The first-order valence-corrected chi connectivity index (χ1v) is 6.97. The summed E-state index contributed by atoms with van der Waals surface area (Å²) in [6, 6.07) is 6.54. The smallest absolute Gasteiger partial charge is 0.133 e. The Morgan fingerprint density at radius 3 is 2.60 bits per heavy atom. The molecule has 0 atom stereocenters. The van der Waals surface area contributed by atoms with Crippen LogP contribution in [0.4, 0.5) is 4.39 Å². The summed E-state index contributed by atoms with van der Waals surface area (Å²) in [5, 5.41) is 3.33. The minimum absolute atomic E-state index is 0.212. The summed E-state index contributed by atoms with van der Waals surface area (Å²) >= 11 is 0. The molecule has 3 rings (SSSR count). The van der Waals surface area contributed by atoms with Crippen LogP contribution in [0, 0.1) is 5.82 Å². The number of fused-ring (bicyclic) bond motifs is 1. The fourth-order valence-electron chi connectivity index (χ4n) is 2.59. The fraction of sp³-hybridized carbons (Fsp3) is 0.375. The van der Waals surface area contributed by atoms with Crippen LogP contribution in [0.25, 0.3) is 0 Å². The predicted molar refractivity (Wildman–Crippen MR) is 75.9 cm³/mol. The van der Waals surface area contributed by atoms with Gasteiger partial charge in [-0.05, 0) is 23.6 Å². The number of aromatic nitrogens is 2. The SMILES string of the molecule is CC(C)c1nc(Cc2ccc(F)cc2)nc2c1CNC2. The van der Waals surface area contributed by atoms with Crippen LogP contribution in [0.15, 0.2) is 24.3 Å². The summed E-state index contributed by atoms with van der Waals surface area (Å²) in [7, 11) is 0. The molecule has 1 aliphatic heterocycles. The summed E-state index contributed by atoms with van der Waals surface area (Å²) in [5.74, 6) is 0.997. The Labute approximate surface area is 118 Å². The van der Waals surface area contributed by atoms with Crippen molar-refractivity contribution in [1.29, 1.82) is 0 Å². The number of nitrogens with one attached hydrogen (secondary N) is 1. The molecule has 0 saturated carbocycles. The summed E-state index contributed by atoms with van der Waals surface area (Å²) < 4.78 is 12.9. The van der Waals surface area contributed by atoms with E-state index in [2.05, 4.69) is 24.1 Å². The Balaban J connectivity index is 1.94. The van der Waals surface area contributed by atoms with Crippen molar-refractivity contribution < 1.29 is 4.39 Å². The van der Waals surface area contributed by atoms with Crippen molar-refractivity contribution in [3.63, 3.8) is 0 Å². The van der Waals surface area contributed by atoms with Gasteiger partial charge < -0.3 is 5.32 Å². The summed E-state index contributed by atoms with van der Waals surface area (Å²) in [4.78, 5) is 9.36. The van der Waals surface area contributed by atoms with Gasteiger partial charge in [-0.15, -0.1) is 0 Å². The Morgan fingerprint density at radius 1 is 1.15 bits per heavy atom. The van der Waals surface area contributed by atoms with Crippen LogP contribution in [0.3, 0.4) is 0 Å². The van der Waals surface area contributed by atoms with Gasteiger partial charge >= 0.3 is 0 Å². The van der Waals surface area contributed by atoms with E-state index in [0.29, 0.717) is 12.3 Å². The van der Waals surface area contributed by atoms with Crippen LogP contribution >= 0.6 is 0 Å². The lowest BCUT2D eigenvalue weighted by Crippen LogP contribution is -2.08. The lowest BCUT2D eigenvalue weighted by atomic mass is 10.0. The van der Waals surface area contributed by atoms with Crippen LogP contribution in [0.2, 0.25) is 0 Å². The predicted octanol–water partition coefficient (Wildman–Crippen LogP) is 2.93. The fourth-order valence-corrected chi connectivity index (χ4v) is 2.59. The van der Waals surface area contributed by atoms with Crippen molar-refractivity contribution in [2.75, 3.05) is 0 Å². The molecule has 0 unspecified atom stereocenters. The molecule has 0 amide bonds. The highest BCUT2D eigenvalue weighted by Gasteiger charge is 2.20. The molecule has 0 fully saturated rings. The molecule has 20 heavy (non-hydrogen) atoms. The van der Waals surface area contributed by atoms with E-state index in [-0.39, 0.29) is 5.82 Å². The molecule has 2 heterocycles. The number of hydrogen-bond acceptors (Lipinski definition) is 3. The van der Waals surface area contributed by atoms with Gasteiger partial charge in [-0.1, -0.05) is 26.0 Å². The molecule has 0 radical (unpaired) electrons. The number of halogens is 1. The first-order valence-electron chi connectivity index (χ1n) is 6.97. The number of rotatable bonds is 3. The number of hydrogen-bond donors (Lipinski definition) is 1. The van der Waals surface area contributed by atoms with Crippen molar-refractivity contribution in [3.8, 4) is 0 Å². The second kappa shape index (κ2) is 5.29. The normalized spacial score (nSPS) is 13.8. The summed E-state index contributed by atoms with van der Waals surface area (Å²) in [5.41, 5.74) is 4.53. The molecule has 1 aromatic carbocycles. The van der Waals surface area contributed by atoms with Crippen molar-refractivity contribution >= 4 is 0 Å². The second-order valence-electron chi connectivity index (χ2n) is 5.51. The van der Waals surface area contributed by atoms with Gasteiger partial charge in [0.05, 0.1) is 11.4 Å². The van der Waals surface area contributed by atoms with Crippen molar-refractivity contribution in [2.24, 2.45) is 0 Å². The molecule has 0 aliphatic carbocycles. The van der Waals surface area contributed by atoms with Crippen LogP contribution < -0.4 is 5.32 Å². The minimum Gasteiger partial charge on any atom is -0.307 e. The van der Waals surface area contributed by atoms with E-state index in [0.717, 1.165) is 35.9 Å². The van der Waals surface area contributed by atoms with E-state index in [1.807, 2.05) is 0 Å². The molecule has 4 heteroatoms. The van der Waals surface area contributed by atoms with Crippen molar-refractivity contribution in [1.82, 2.24) is 15.3 Å². The standard InChI is InChI=1S/C16H18FN3/c1-10(2)16-13-8-18-9-14(13)19-15(20-16)7-11-3-5-12(17)6-4-11/h3-6,10,18H,7-9H2,1-2H3. The molecular weight excluding hydrogens is 253 g/mol. The Bertz CT molecular complexity index is 620. The largest absolute Gasteiger partial charge is 0.307 e. The van der Waals surface area contributed by atoms with Gasteiger partial charge in [0.2, 0.25) is 0 Å². The summed E-state index contributed by atoms with van der Waals surface area (Å²) in [6.07, 6.45) is 0.646. The van der Waals surface area contributed by atoms with Gasteiger partial charge in [0.15, 0.2) is 0 Å². The number of benzene rings is 1. The second-order valence-corrected chi connectivity index (χ2v) is 5.51. The van der Waals surface area contributed by atoms with Crippen LogP contribution in [-0.4, -0.2) is 9.97 Å². The van der Waals surface area contributed by atoms with E-state index in [4.69, 9.17) is 4.98 Å². The van der Waals surface area contributed by atoms with Gasteiger partial charge in [-0.25, -0.2) is 14.4 Å². The van der Waals surface area contributed by atoms with Gasteiger partial charge in [0.1, 0.15) is 11.6 Å². The van der Waals surface area contributed by atoms with E-state index in [1.165, 1.54) is 17.7 Å². The zero-order valence-electron chi connectivity index (χ0n) is 11.8. The third-order valence-electron chi connectivity index (χ3n) is 3.59. The first kappa shape index (κ1) is 13.2.